The van der Waals surface area contributed by atoms with Crippen LogP contribution in [0, 0.1) is 6.92 Å². The van der Waals surface area contributed by atoms with Crippen LogP contribution in [0.4, 0.5) is 0 Å². The fourth-order valence-corrected chi connectivity index (χ4v) is 3.32. The monoisotopic (exact) mass is 261 g/mol. The number of aryl methyl sites for hydroxylation is 1. The van der Waals surface area contributed by atoms with E-state index in [0.29, 0.717) is 11.6 Å². The first-order valence-corrected chi connectivity index (χ1v) is 7.22. The van der Waals surface area contributed by atoms with Crippen molar-refractivity contribution in [3.63, 3.8) is 0 Å². The molecule has 2 aromatic rings. The number of carbonyl (C=O) groups is 1. The molecule has 1 aliphatic heterocycles. The van der Waals surface area contributed by atoms with Gasteiger partial charge in [0.1, 0.15) is 5.65 Å². The molecule has 1 amide bonds. The summed E-state index contributed by atoms with van der Waals surface area (Å²) >= 11 is 1.90. The van der Waals surface area contributed by atoms with Gasteiger partial charge in [-0.2, -0.15) is 11.8 Å². The lowest BCUT2D eigenvalue weighted by molar-refractivity contribution is 0.0940. The molecule has 1 fully saturated rings. The molecule has 0 radical (unpaired) electrons. The number of hydrogen-bond acceptors (Lipinski definition) is 3. The maximum atomic E-state index is 12.1. The van der Waals surface area contributed by atoms with Crippen molar-refractivity contribution < 1.29 is 4.79 Å². The fraction of sp³-hybridized carbons (Fsp3) is 0.385. The van der Waals surface area contributed by atoms with Gasteiger partial charge < -0.3 is 9.72 Å². The van der Waals surface area contributed by atoms with Crippen LogP contribution in [0.3, 0.4) is 0 Å². The Balaban J connectivity index is 1.81. The van der Waals surface area contributed by atoms with Gasteiger partial charge in [0.05, 0.1) is 11.3 Å². The van der Waals surface area contributed by atoms with Gasteiger partial charge in [-0.1, -0.05) is 0 Å². The smallest absolute Gasteiger partial charge is 0.253 e. The highest BCUT2D eigenvalue weighted by atomic mass is 32.2. The Labute approximate surface area is 110 Å². The Morgan fingerprint density at radius 3 is 3.17 bits per heavy atom. The summed E-state index contributed by atoms with van der Waals surface area (Å²) in [6.45, 7) is 1.95. The first-order chi connectivity index (χ1) is 8.72. The van der Waals surface area contributed by atoms with Gasteiger partial charge in [0.25, 0.3) is 5.91 Å². The van der Waals surface area contributed by atoms with Crippen LogP contribution >= 0.6 is 11.8 Å². The molecule has 0 aliphatic carbocycles. The summed E-state index contributed by atoms with van der Waals surface area (Å²) in [7, 11) is 0. The molecule has 3 heterocycles. The lowest BCUT2D eigenvalue weighted by Crippen LogP contribution is -2.34. The third-order valence-corrected chi connectivity index (χ3v) is 4.26. The lowest BCUT2D eigenvalue weighted by atomic mass is 10.2. The maximum absolute atomic E-state index is 12.1. The molecule has 0 unspecified atom stereocenters. The summed E-state index contributed by atoms with van der Waals surface area (Å²) in [4.78, 5) is 16.4. The Morgan fingerprint density at radius 1 is 1.50 bits per heavy atom. The second-order valence-corrected chi connectivity index (χ2v) is 5.75. The standard InChI is InChI=1S/C13H15N3OS/c1-9-6-16-7-10(2-3-12(16)14-9)13(17)15-11-4-5-18-8-11/h2-3,6-7,11H,4-5,8H2,1H3,(H,15,17)/t11-/m1/s1. The molecule has 94 valence electrons. The average Bonchev–Trinajstić information content (AvgIpc) is 2.95. The van der Waals surface area contributed by atoms with E-state index >= 15 is 0 Å². The van der Waals surface area contributed by atoms with E-state index in [-0.39, 0.29) is 5.91 Å². The number of thioether (sulfide) groups is 1. The first kappa shape index (κ1) is 11.6. The lowest BCUT2D eigenvalue weighted by Gasteiger charge is -2.11. The average molecular weight is 261 g/mol. The van der Waals surface area contributed by atoms with E-state index in [0.717, 1.165) is 29.3 Å². The molecule has 3 rings (SSSR count). The molecule has 1 atom stereocenters. The van der Waals surface area contributed by atoms with Crippen molar-refractivity contribution in [2.75, 3.05) is 11.5 Å². The van der Waals surface area contributed by atoms with Crippen molar-refractivity contribution in [1.82, 2.24) is 14.7 Å². The van der Waals surface area contributed by atoms with Gasteiger partial charge in [-0.05, 0) is 31.2 Å². The number of imidazole rings is 1. The summed E-state index contributed by atoms with van der Waals surface area (Å²) < 4.78 is 1.90. The van der Waals surface area contributed by atoms with Crippen LogP contribution in [0.25, 0.3) is 5.65 Å². The van der Waals surface area contributed by atoms with Crippen LogP contribution in [-0.2, 0) is 0 Å². The molecule has 0 aromatic carbocycles. The highest BCUT2D eigenvalue weighted by molar-refractivity contribution is 7.99. The van der Waals surface area contributed by atoms with E-state index in [1.54, 1.807) is 0 Å². The topological polar surface area (TPSA) is 46.4 Å². The van der Waals surface area contributed by atoms with Gasteiger partial charge in [-0.15, -0.1) is 0 Å². The summed E-state index contributed by atoms with van der Waals surface area (Å²) in [6.07, 6.45) is 4.84. The summed E-state index contributed by atoms with van der Waals surface area (Å²) in [5, 5.41) is 3.07. The van der Waals surface area contributed by atoms with Crippen LogP contribution in [0.1, 0.15) is 22.5 Å². The minimum absolute atomic E-state index is 0.00996. The second kappa shape index (κ2) is 4.65. The van der Waals surface area contributed by atoms with Crippen molar-refractivity contribution in [2.45, 2.75) is 19.4 Å². The normalized spacial score (nSPS) is 19.3. The maximum Gasteiger partial charge on any atom is 0.253 e. The number of hydrogen-bond donors (Lipinski definition) is 1. The van der Waals surface area contributed by atoms with Gasteiger partial charge in [-0.25, -0.2) is 4.98 Å². The summed E-state index contributed by atoms with van der Waals surface area (Å²) in [5.41, 5.74) is 2.53. The number of rotatable bonds is 2. The van der Waals surface area contributed by atoms with Crippen LogP contribution in [0.2, 0.25) is 0 Å². The van der Waals surface area contributed by atoms with Crippen molar-refractivity contribution in [3.05, 3.63) is 35.8 Å². The van der Waals surface area contributed by atoms with Gasteiger partial charge in [0, 0.05) is 24.2 Å². The van der Waals surface area contributed by atoms with Crippen LogP contribution < -0.4 is 5.32 Å². The Kier molecular flexibility index (Phi) is 2.99. The summed E-state index contributed by atoms with van der Waals surface area (Å²) in [6, 6.07) is 4.03. The minimum Gasteiger partial charge on any atom is -0.348 e. The molecule has 2 aromatic heterocycles. The number of nitrogens with zero attached hydrogens (tertiary/aromatic N) is 2. The Morgan fingerprint density at radius 2 is 2.39 bits per heavy atom. The second-order valence-electron chi connectivity index (χ2n) is 4.60. The fourth-order valence-electron chi connectivity index (χ4n) is 2.17. The largest absolute Gasteiger partial charge is 0.348 e. The number of carbonyl (C=O) groups excluding carboxylic acids is 1. The van der Waals surface area contributed by atoms with E-state index in [1.807, 2.05) is 47.6 Å². The van der Waals surface area contributed by atoms with Crippen molar-refractivity contribution in [1.29, 1.82) is 0 Å². The van der Waals surface area contributed by atoms with Gasteiger partial charge in [0.2, 0.25) is 0 Å². The van der Waals surface area contributed by atoms with Crippen LogP contribution in [-0.4, -0.2) is 32.8 Å². The predicted molar refractivity (Wildman–Crippen MR) is 73.1 cm³/mol. The van der Waals surface area contributed by atoms with Crippen molar-refractivity contribution in [2.24, 2.45) is 0 Å². The van der Waals surface area contributed by atoms with E-state index in [4.69, 9.17) is 0 Å². The van der Waals surface area contributed by atoms with E-state index in [1.165, 1.54) is 0 Å². The SMILES string of the molecule is Cc1cn2cc(C(=O)N[C@@H]3CCSC3)ccc2n1. The number of fused-ring (bicyclic) bond motifs is 1. The molecule has 18 heavy (non-hydrogen) atoms. The zero-order valence-electron chi connectivity index (χ0n) is 10.2. The van der Waals surface area contributed by atoms with E-state index in [9.17, 15) is 4.79 Å². The van der Waals surface area contributed by atoms with Gasteiger partial charge >= 0.3 is 0 Å². The van der Waals surface area contributed by atoms with Crippen LogP contribution in [0.15, 0.2) is 24.5 Å². The molecular weight excluding hydrogens is 246 g/mol. The molecule has 1 aliphatic rings. The Hall–Kier alpha value is -1.49. The highest BCUT2D eigenvalue weighted by Crippen LogP contribution is 2.17. The molecule has 1 N–H and O–H groups in total. The minimum atomic E-state index is 0.00996. The molecule has 0 spiro atoms. The zero-order valence-corrected chi connectivity index (χ0v) is 11.0. The van der Waals surface area contributed by atoms with Crippen molar-refractivity contribution >= 4 is 23.3 Å². The third-order valence-electron chi connectivity index (χ3n) is 3.10. The number of pyridine rings is 1. The molecule has 1 saturated heterocycles. The third kappa shape index (κ3) is 2.22. The van der Waals surface area contributed by atoms with E-state index in [2.05, 4.69) is 10.3 Å². The molecule has 5 heteroatoms. The molecule has 4 nitrogen and oxygen atoms in total. The van der Waals surface area contributed by atoms with E-state index < -0.39 is 0 Å². The van der Waals surface area contributed by atoms with Crippen LogP contribution in [0.5, 0.6) is 0 Å². The van der Waals surface area contributed by atoms with Gasteiger partial charge in [0.15, 0.2) is 0 Å². The first-order valence-electron chi connectivity index (χ1n) is 6.06. The van der Waals surface area contributed by atoms with Gasteiger partial charge in [-0.3, -0.25) is 4.79 Å². The molecule has 0 bridgehead atoms. The molecule has 0 saturated carbocycles. The highest BCUT2D eigenvalue weighted by Gasteiger charge is 2.18. The van der Waals surface area contributed by atoms with Crippen molar-refractivity contribution in [3.8, 4) is 0 Å². The molecular formula is C13H15N3OS. The summed E-state index contributed by atoms with van der Waals surface area (Å²) in [5.74, 6) is 2.18. The zero-order chi connectivity index (χ0) is 12.5. The number of amides is 1. The number of aromatic nitrogens is 2. The predicted octanol–water partition coefficient (Wildman–Crippen LogP) is 1.88. The quantitative estimate of drug-likeness (QED) is 0.898. The number of nitrogens with one attached hydrogen (secondary N) is 1. The Bertz CT molecular complexity index is 587.